The Morgan fingerprint density at radius 1 is 1.13 bits per heavy atom. The molecule has 1 saturated carbocycles. The molecule has 0 aromatic heterocycles. The smallest absolute Gasteiger partial charge is 0.411 e. The number of Topliss-reactive ketones (excluding diaryl/α,β-unsaturated/α-hetero) is 1. The van der Waals surface area contributed by atoms with E-state index in [0.717, 1.165) is 24.8 Å². The quantitative estimate of drug-likeness (QED) is 0.471. The number of likely N-dealkylation sites (tertiary alicyclic amines) is 1. The van der Waals surface area contributed by atoms with Crippen molar-refractivity contribution in [1.29, 1.82) is 5.26 Å². The zero-order valence-corrected chi connectivity index (χ0v) is 23.0. The van der Waals surface area contributed by atoms with Crippen LogP contribution in [0.15, 0.2) is 42.5 Å². The van der Waals surface area contributed by atoms with E-state index in [2.05, 4.69) is 11.4 Å². The average Bonchev–Trinajstić information content (AvgIpc) is 3.51. The van der Waals surface area contributed by atoms with Crippen LogP contribution in [0.1, 0.15) is 69.3 Å². The fourth-order valence-corrected chi connectivity index (χ4v) is 5.74. The maximum atomic E-state index is 15.1. The lowest BCUT2D eigenvalue weighted by molar-refractivity contribution is -0.126. The van der Waals surface area contributed by atoms with Gasteiger partial charge in [0.1, 0.15) is 11.4 Å². The molecule has 2 fully saturated rings. The first-order chi connectivity index (χ1) is 18.5. The zero-order chi connectivity index (χ0) is 28.3. The number of hydrogen-bond donors (Lipinski definition) is 1. The third kappa shape index (κ3) is 6.47. The molecule has 1 N–H and O–H groups in total. The molecule has 4 rings (SSSR count). The number of amides is 2. The number of nitriles is 1. The van der Waals surface area contributed by atoms with Crippen molar-refractivity contribution in [2.75, 3.05) is 6.54 Å². The van der Waals surface area contributed by atoms with Gasteiger partial charge in [0.2, 0.25) is 0 Å². The zero-order valence-electron chi connectivity index (χ0n) is 23.0. The highest BCUT2D eigenvalue weighted by atomic mass is 19.1. The molecule has 206 valence electrons. The highest BCUT2D eigenvalue weighted by Crippen LogP contribution is 2.44. The van der Waals surface area contributed by atoms with E-state index in [-0.39, 0.29) is 36.5 Å². The number of halogens is 1. The summed E-state index contributed by atoms with van der Waals surface area (Å²) in [5.41, 5.74) is 1.63. The van der Waals surface area contributed by atoms with Crippen LogP contribution in [-0.4, -0.2) is 46.9 Å². The number of fused-ring (bicyclic) bond motifs is 2. The van der Waals surface area contributed by atoms with Crippen LogP contribution in [0.2, 0.25) is 0 Å². The minimum Gasteiger partial charge on any atom is -0.444 e. The summed E-state index contributed by atoms with van der Waals surface area (Å²) < 4.78 is 20.7. The highest BCUT2D eigenvalue weighted by molar-refractivity contribution is 5.94. The molecule has 2 bridgehead atoms. The Morgan fingerprint density at radius 2 is 1.82 bits per heavy atom. The first-order valence-corrected chi connectivity index (χ1v) is 13.6. The number of carbonyl (C=O) groups excluding carboxylic acids is 3. The van der Waals surface area contributed by atoms with E-state index in [1.165, 1.54) is 6.07 Å². The largest absolute Gasteiger partial charge is 0.444 e. The van der Waals surface area contributed by atoms with Crippen molar-refractivity contribution in [3.8, 4) is 17.2 Å². The summed E-state index contributed by atoms with van der Waals surface area (Å²) >= 11 is 0. The first kappa shape index (κ1) is 28.3. The number of nitrogens with one attached hydrogen (secondary N) is 1. The van der Waals surface area contributed by atoms with Crippen LogP contribution in [0.3, 0.4) is 0 Å². The Bertz CT molecular complexity index is 1280. The summed E-state index contributed by atoms with van der Waals surface area (Å²) in [7, 11) is 0. The molecule has 2 aromatic rings. The van der Waals surface area contributed by atoms with Crippen molar-refractivity contribution in [2.24, 2.45) is 11.8 Å². The molecule has 1 aliphatic heterocycles. The molecule has 8 heteroatoms. The highest BCUT2D eigenvalue weighted by Gasteiger charge is 2.52. The minimum atomic E-state index is -0.714. The number of rotatable bonds is 8. The molecular weight excluding hydrogens is 497 g/mol. The third-order valence-corrected chi connectivity index (χ3v) is 7.49. The second-order valence-electron chi connectivity index (χ2n) is 11.5. The van der Waals surface area contributed by atoms with Gasteiger partial charge in [-0.05, 0) is 94.2 Å². The van der Waals surface area contributed by atoms with Crippen molar-refractivity contribution in [3.63, 3.8) is 0 Å². The van der Waals surface area contributed by atoms with Crippen molar-refractivity contribution in [1.82, 2.24) is 10.2 Å². The van der Waals surface area contributed by atoms with Gasteiger partial charge >= 0.3 is 6.09 Å². The molecule has 7 nitrogen and oxygen atoms in total. The maximum Gasteiger partial charge on any atom is 0.411 e. The molecule has 1 heterocycles. The van der Waals surface area contributed by atoms with Crippen molar-refractivity contribution < 1.29 is 23.5 Å². The van der Waals surface area contributed by atoms with Crippen LogP contribution in [0.5, 0.6) is 0 Å². The fourth-order valence-electron chi connectivity index (χ4n) is 5.74. The van der Waals surface area contributed by atoms with Gasteiger partial charge in [0.25, 0.3) is 5.91 Å². The predicted octanol–water partition coefficient (Wildman–Crippen LogP) is 5.67. The topological polar surface area (TPSA) is 99.5 Å². The molecule has 2 amide bonds. The van der Waals surface area contributed by atoms with Crippen LogP contribution in [-0.2, 0) is 16.0 Å². The lowest BCUT2D eigenvalue weighted by Crippen LogP contribution is -2.51. The third-order valence-electron chi connectivity index (χ3n) is 7.49. The van der Waals surface area contributed by atoms with E-state index in [1.54, 1.807) is 62.1 Å². The second kappa shape index (κ2) is 11.6. The van der Waals surface area contributed by atoms with E-state index in [1.807, 2.05) is 6.92 Å². The van der Waals surface area contributed by atoms with Crippen LogP contribution in [0, 0.1) is 29.0 Å². The maximum absolute atomic E-state index is 15.1. The number of nitrogens with zero attached hydrogens (tertiary/aromatic N) is 2. The average molecular weight is 534 g/mol. The number of benzene rings is 2. The van der Waals surface area contributed by atoms with Crippen molar-refractivity contribution >= 4 is 17.8 Å². The van der Waals surface area contributed by atoms with Gasteiger partial charge in [-0.2, -0.15) is 5.26 Å². The Kier molecular flexibility index (Phi) is 8.39. The molecule has 1 aliphatic carbocycles. The molecule has 0 radical (unpaired) electrons. The van der Waals surface area contributed by atoms with Gasteiger partial charge in [-0.3, -0.25) is 14.5 Å². The monoisotopic (exact) mass is 533 g/mol. The van der Waals surface area contributed by atoms with Gasteiger partial charge in [0, 0.05) is 24.6 Å². The molecule has 1 saturated heterocycles. The Morgan fingerprint density at radius 3 is 2.44 bits per heavy atom. The molecule has 0 unspecified atom stereocenters. The number of piperidine rings is 1. The van der Waals surface area contributed by atoms with Gasteiger partial charge in [0.05, 0.1) is 18.0 Å². The number of carbonyl (C=O) groups is 3. The van der Waals surface area contributed by atoms with E-state index in [4.69, 9.17) is 4.74 Å². The normalized spacial score (nSPS) is 20.8. The predicted molar refractivity (Wildman–Crippen MR) is 145 cm³/mol. The summed E-state index contributed by atoms with van der Waals surface area (Å²) in [6, 6.07) is 13.3. The summed E-state index contributed by atoms with van der Waals surface area (Å²) in [4.78, 5) is 39.9. The van der Waals surface area contributed by atoms with Gasteiger partial charge in [-0.25, -0.2) is 9.18 Å². The lowest BCUT2D eigenvalue weighted by Gasteiger charge is -2.35. The summed E-state index contributed by atoms with van der Waals surface area (Å²) in [6.45, 7) is 7.76. The molecular formula is C31H36FN3O4. The number of hydrogen-bond acceptors (Lipinski definition) is 5. The van der Waals surface area contributed by atoms with Crippen LogP contribution in [0.25, 0.3) is 11.1 Å². The summed E-state index contributed by atoms with van der Waals surface area (Å²) in [5.74, 6) is -1.42. The van der Waals surface area contributed by atoms with Crippen LogP contribution >= 0.6 is 0 Å². The standard InChI is InChI=1S/C31H36FN3O4/c1-5-34-29(37)21-8-6-20(7-9-21)22-10-11-23(26(32)17-22)14-19(18-33)15-27(36)28-24-12-13-25(16-24)35(28)30(38)39-31(2,3)4/h6-11,17,19,24-25,28H,5,12-16H2,1-4H3,(H,34,37)/t19-,24+,25-,28+/m1/s1. The van der Waals surface area contributed by atoms with E-state index >= 15 is 4.39 Å². The lowest BCUT2D eigenvalue weighted by atomic mass is 9.87. The first-order valence-electron chi connectivity index (χ1n) is 13.6. The van der Waals surface area contributed by atoms with Crippen molar-refractivity contribution in [3.05, 3.63) is 59.4 Å². The number of ketones is 1. The molecule has 4 atom stereocenters. The summed E-state index contributed by atoms with van der Waals surface area (Å²) in [6.07, 6.45) is 2.05. The Balaban J connectivity index is 1.43. The van der Waals surface area contributed by atoms with Crippen molar-refractivity contribution in [2.45, 2.75) is 77.5 Å². The molecule has 39 heavy (non-hydrogen) atoms. The van der Waals surface area contributed by atoms with Gasteiger partial charge < -0.3 is 10.1 Å². The van der Waals surface area contributed by atoms with E-state index in [9.17, 15) is 19.6 Å². The van der Waals surface area contributed by atoms with Gasteiger partial charge in [-0.1, -0.05) is 24.3 Å². The SMILES string of the molecule is CCNC(=O)c1ccc(-c2ccc(C[C@@H](C#N)CC(=O)[C@@H]3[C@H]4CC[C@H](C4)N3C(=O)OC(C)(C)C)c(F)c2)cc1. The van der Waals surface area contributed by atoms with E-state index in [0.29, 0.717) is 23.2 Å². The second-order valence-corrected chi connectivity index (χ2v) is 11.5. The Labute approximate surface area is 229 Å². The van der Waals surface area contributed by atoms with Crippen LogP contribution < -0.4 is 5.32 Å². The van der Waals surface area contributed by atoms with Crippen LogP contribution in [0.4, 0.5) is 9.18 Å². The van der Waals surface area contributed by atoms with Gasteiger partial charge in [-0.15, -0.1) is 0 Å². The molecule has 2 aliphatic rings. The molecule has 2 aromatic carbocycles. The molecule has 0 spiro atoms. The number of ether oxygens (including phenoxy) is 1. The minimum absolute atomic E-state index is 0.0144. The van der Waals surface area contributed by atoms with E-state index < -0.39 is 29.5 Å². The summed E-state index contributed by atoms with van der Waals surface area (Å²) in [5, 5.41) is 12.6. The Hall–Kier alpha value is -3.73. The van der Waals surface area contributed by atoms with Gasteiger partial charge in [0.15, 0.2) is 5.78 Å². The fraction of sp³-hybridized carbons (Fsp3) is 0.484.